The molecule has 1 atom stereocenters. The van der Waals surface area contributed by atoms with Gasteiger partial charge in [0.1, 0.15) is 5.82 Å². The lowest BCUT2D eigenvalue weighted by atomic mass is 10.1. The Hall–Kier alpha value is -1.79. The molecule has 1 N–H and O–H groups in total. The first-order valence-electron chi connectivity index (χ1n) is 6.60. The zero-order valence-electron chi connectivity index (χ0n) is 11.4. The van der Waals surface area contributed by atoms with E-state index in [9.17, 15) is 5.11 Å². The highest BCUT2D eigenvalue weighted by Gasteiger charge is 2.19. The monoisotopic (exact) mass is 288 g/mol. The molecule has 0 saturated heterocycles. The zero-order chi connectivity index (χ0) is 14.1. The summed E-state index contributed by atoms with van der Waals surface area (Å²) in [5.74, 6) is 0.870. The molecule has 2 aromatic heterocycles. The molecule has 0 radical (unpaired) electrons. The average molecular weight is 288 g/mol. The third-order valence-electron chi connectivity index (χ3n) is 3.48. The van der Waals surface area contributed by atoms with Crippen LogP contribution in [-0.4, -0.2) is 24.2 Å². The van der Waals surface area contributed by atoms with Crippen LogP contribution in [0.4, 0.5) is 0 Å². The van der Waals surface area contributed by atoms with Gasteiger partial charge in [-0.05, 0) is 30.1 Å². The maximum atomic E-state index is 10.4. The molecule has 1 unspecified atom stereocenters. The number of aromatic nitrogens is 4. The van der Waals surface area contributed by atoms with Crippen LogP contribution in [0.2, 0.25) is 0 Å². The fraction of sp³-hybridized carbons (Fsp3) is 0.357. The van der Waals surface area contributed by atoms with Gasteiger partial charge in [0, 0.05) is 13.5 Å². The van der Waals surface area contributed by atoms with Crippen molar-refractivity contribution in [3.63, 3.8) is 0 Å². The van der Waals surface area contributed by atoms with E-state index >= 15 is 0 Å². The van der Waals surface area contributed by atoms with Crippen LogP contribution < -0.4 is 0 Å². The summed E-state index contributed by atoms with van der Waals surface area (Å²) >= 11 is 1.27. The van der Waals surface area contributed by atoms with Crippen LogP contribution in [-0.2, 0) is 19.9 Å². The zero-order valence-corrected chi connectivity index (χ0v) is 12.3. The van der Waals surface area contributed by atoms with Crippen molar-refractivity contribution in [1.29, 1.82) is 0 Å². The Morgan fingerprint density at radius 2 is 2.15 bits per heavy atom. The first kappa shape index (κ1) is 13.2. The van der Waals surface area contributed by atoms with Crippen molar-refractivity contribution in [3.8, 4) is 0 Å². The molecule has 0 saturated carbocycles. The lowest BCUT2D eigenvalue weighted by Crippen LogP contribution is -2.07. The van der Waals surface area contributed by atoms with Gasteiger partial charge in [0.2, 0.25) is 0 Å². The van der Waals surface area contributed by atoms with Crippen LogP contribution in [0.3, 0.4) is 0 Å². The Balaban J connectivity index is 1.91. The largest absolute Gasteiger partial charge is 0.387 e. The van der Waals surface area contributed by atoms with Gasteiger partial charge in [-0.25, -0.2) is 4.98 Å². The molecule has 104 valence electrons. The summed E-state index contributed by atoms with van der Waals surface area (Å²) in [6.45, 7) is 2.02. The minimum Gasteiger partial charge on any atom is -0.387 e. The van der Waals surface area contributed by atoms with Crippen LogP contribution in [0.1, 0.15) is 29.4 Å². The summed E-state index contributed by atoms with van der Waals surface area (Å²) in [6, 6.07) is 7.98. The van der Waals surface area contributed by atoms with E-state index in [-0.39, 0.29) is 0 Å². The highest BCUT2D eigenvalue weighted by molar-refractivity contribution is 7.05. The molecule has 2 heterocycles. The number of imidazole rings is 1. The first-order chi connectivity index (χ1) is 9.70. The summed E-state index contributed by atoms with van der Waals surface area (Å²) in [6.07, 6.45) is 0.661. The van der Waals surface area contributed by atoms with Crippen LogP contribution in [0, 0.1) is 0 Å². The van der Waals surface area contributed by atoms with Crippen molar-refractivity contribution in [3.05, 3.63) is 40.7 Å². The summed E-state index contributed by atoms with van der Waals surface area (Å²) < 4.78 is 5.95. The number of rotatable bonds is 4. The Morgan fingerprint density at radius 3 is 2.90 bits per heavy atom. The molecule has 6 heteroatoms. The number of para-hydroxylation sites is 2. The number of fused-ring (bicyclic) bond motifs is 1. The van der Waals surface area contributed by atoms with Gasteiger partial charge >= 0.3 is 0 Å². The molecule has 0 amide bonds. The molecule has 0 aliphatic rings. The third-order valence-corrected chi connectivity index (χ3v) is 4.35. The lowest BCUT2D eigenvalue weighted by Gasteiger charge is -2.09. The van der Waals surface area contributed by atoms with Crippen molar-refractivity contribution < 1.29 is 5.11 Å². The number of benzene rings is 1. The van der Waals surface area contributed by atoms with Crippen LogP contribution in [0.5, 0.6) is 0 Å². The van der Waals surface area contributed by atoms with Crippen molar-refractivity contribution in [1.82, 2.24) is 19.1 Å². The third kappa shape index (κ3) is 2.21. The van der Waals surface area contributed by atoms with E-state index in [1.54, 1.807) is 0 Å². The van der Waals surface area contributed by atoms with E-state index in [1.165, 1.54) is 11.5 Å². The molecule has 0 aliphatic heterocycles. The first-order valence-corrected chi connectivity index (χ1v) is 7.37. The Bertz CT molecular complexity index is 734. The van der Waals surface area contributed by atoms with Gasteiger partial charge in [-0.1, -0.05) is 23.5 Å². The van der Waals surface area contributed by atoms with E-state index in [0.717, 1.165) is 33.8 Å². The number of hydrogen-bond acceptors (Lipinski definition) is 5. The van der Waals surface area contributed by atoms with E-state index < -0.39 is 6.10 Å². The van der Waals surface area contributed by atoms with Gasteiger partial charge in [-0.15, -0.1) is 5.10 Å². The van der Waals surface area contributed by atoms with Crippen LogP contribution >= 0.6 is 11.5 Å². The number of hydrogen-bond donors (Lipinski definition) is 1. The molecule has 0 bridgehead atoms. The molecule has 0 aliphatic carbocycles. The molecule has 5 nitrogen and oxygen atoms in total. The molecular weight excluding hydrogens is 272 g/mol. The lowest BCUT2D eigenvalue weighted by molar-refractivity contribution is 0.177. The Kier molecular flexibility index (Phi) is 3.50. The van der Waals surface area contributed by atoms with Crippen molar-refractivity contribution in [2.75, 3.05) is 0 Å². The molecule has 20 heavy (non-hydrogen) atoms. The topological polar surface area (TPSA) is 63.8 Å². The van der Waals surface area contributed by atoms with Gasteiger partial charge in [0.15, 0.2) is 0 Å². The fourth-order valence-electron chi connectivity index (χ4n) is 2.36. The molecule has 1 aromatic carbocycles. The maximum Gasteiger partial charge on any atom is 0.112 e. The van der Waals surface area contributed by atoms with E-state index in [4.69, 9.17) is 0 Å². The number of aliphatic hydroxyl groups excluding tert-OH is 1. The Labute approximate surface area is 121 Å². The summed E-state index contributed by atoms with van der Waals surface area (Å²) in [4.78, 5) is 5.43. The van der Waals surface area contributed by atoms with E-state index in [1.807, 2.05) is 42.8 Å². The van der Waals surface area contributed by atoms with Gasteiger partial charge in [0.25, 0.3) is 0 Å². The molecule has 3 aromatic rings. The predicted octanol–water partition coefficient (Wildman–Crippen LogP) is 2.26. The van der Waals surface area contributed by atoms with Crippen LogP contribution in [0.15, 0.2) is 24.3 Å². The minimum atomic E-state index is -0.597. The van der Waals surface area contributed by atoms with Gasteiger partial charge < -0.3 is 9.67 Å². The summed E-state index contributed by atoms with van der Waals surface area (Å²) in [5, 5.41) is 14.4. The van der Waals surface area contributed by atoms with Crippen molar-refractivity contribution >= 4 is 22.6 Å². The number of aryl methyl sites for hydroxylation is 2. The van der Waals surface area contributed by atoms with Gasteiger partial charge in [-0.2, -0.15) is 0 Å². The summed E-state index contributed by atoms with van der Waals surface area (Å²) in [5.41, 5.74) is 2.91. The van der Waals surface area contributed by atoms with Gasteiger partial charge in [-0.3, -0.25) is 0 Å². The second-order valence-corrected chi connectivity index (χ2v) is 5.52. The highest BCUT2D eigenvalue weighted by atomic mass is 32.1. The standard InChI is InChI=1S/C14H16N4OS/c1-3-9-14(20-17-16-9)12(19)8-13-15-10-6-4-5-7-11(10)18(13)2/h4-7,12,19H,3,8H2,1-2H3. The Morgan fingerprint density at radius 1 is 1.35 bits per heavy atom. The highest BCUT2D eigenvalue weighted by Crippen LogP contribution is 2.25. The normalized spacial score (nSPS) is 12.9. The number of nitrogens with zero attached hydrogens (tertiary/aromatic N) is 4. The fourth-order valence-corrected chi connectivity index (χ4v) is 3.08. The quantitative estimate of drug-likeness (QED) is 0.800. The minimum absolute atomic E-state index is 0.474. The van der Waals surface area contributed by atoms with Crippen molar-refractivity contribution in [2.45, 2.75) is 25.9 Å². The molecule has 0 fully saturated rings. The van der Waals surface area contributed by atoms with Gasteiger partial charge in [0.05, 0.1) is 27.7 Å². The SMILES string of the molecule is CCc1nnsc1C(O)Cc1nc2ccccc2n1C. The molecule has 0 spiro atoms. The second-order valence-electron chi connectivity index (χ2n) is 4.73. The predicted molar refractivity (Wildman–Crippen MR) is 78.7 cm³/mol. The summed E-state index contributed by atoms with van der Waals surface area (Å²) in [7, 11) is 1.98. The van der Waals surface area contributed by atoms with Crippen LogP contribution in [0.25, 0.3) is 11.0 Å². The average Bonchev–Trinajstić information content (AvgIpc) is 3.05. The molecule has 3 rings (SSSR count). The smallest absolute Gasteiger partial charge is 0.112 e. The number of aliphatic hydroxyl groups is 1. The van der Waals surface area contributed by atoms with E-state index in [0.29, 0.717) is 6.42 Å². The van der Waals surface area contributed by atoms with Crippen molar-refractivity contribution in [2.24, 2.45) is 7.05 Å². The second kappa shape index (κ2) is 5.30. The molecular formula is C14H16N4OS. The van der Waals surface area contributed by atoms with E-state index in [2.05, 4.69) is 14.6 Å². The maximum absolute atomic E-state index is 10.4.